The monoisotopic (exact) mass is 248 g/mol. The third-order valence-electron chi connectivity index (χ3n) is 3.38. The minimum Gasteiger partial charge on any atom is -0.369 e. The number of aromatic nitrogens is 2. The molecule has 1 N–H and O–H groups in total. The Kier molecular flexibility index (Phi) is 4.12. The van der Waals surface area contributed by atoms with Crippen molar-refractivity contribution in [1.82, 2.24) is 15.1 Å². The summed E-state index contributed by atoms with van der Waals surface area (Å²) in [6, 6.07) is 3.93. The third-order valence-corrected chi connectivity index (χ3v) is 3.38. The molecule has 0 bridgehead atoms. The summed E-state index contributed by atoms with van der Waals surface area (Å²) in [6.07, 6.45) is 4.46. The van der Waals surface area contributed by atoms with Gasteiger partial charge in [0.1, 0.15) is 5.82 Å². The van der Waals surface area contributed by atoms with Crippen molar-refractivity contribution in [1.29, 1.82) is 0 Å². The maximum atomic E-state index is 12.1. The number of carbonyl (C=O) groups is 1. The molecule has 1 heterocycles. The van der Waals surface area contributed by atoms with Crippen LogP contribution in [-0.4, -0.2) is 40.6 Å². The third kappa shape index (κ3) is 2.78. The Bertz CT molecular complexity index is 400. The van der Waals surface area contributed by atoms with Crippen molar-refractivity contribution in [3.05, 3.63) is 17.8 Å². The molecule has 1 aliphatic carbocycles. The van der Waals surface area contributed by atoms with E-state index in [9.17, 15) is 4.79 Å². The second kappa shape index (κ2) is 5.80. The van der Waals surface area contributed by atoms with Gasteiger partial charge in [0.2, 0.25) is 0 Å². The van der Waals surface area contributed by atoms with Crippen LogP contribution >= 0.6 is 0 Å². The van der Waals surface area contributed by atoms with Gasteiger partial charge in [-0.2, -0.15) is 0 Å². The summed E-state index contributed by atoms with van der Waals surface area (Å²) in [5.74, 6) is 0.689. The number of hydrogen-bond acceptors (Lipinski definition) is 4. The minimum absolute atomic E-state index is 0.0331. The van der Waals surface area contributed by atoms with Crippen molar-refractivity contribution >= 4 is 11.7 Å². The zero-order valence-corrected chi connectivity index (χ0v) is 11.0. The van der Waals surface area contributed by atoms with E-state index in [1.165, 1.54) is 6.42 Å². The molecule has 1 fully saturated rings. The molecular formula is C13H20N4O. The van der Waals surface area contributed by atoms with Gasteiger partial charge in [-0.05, 0) is 37.8 Å². The summed E-state index contributed by atoms with van der Waals surface area (Å²) in [4.78, 5) is 13.9. The number of carbonyl (C=O) groups excluding carboxylic acids is 1. The van der Waals surface area contributed by atoms with Crippen molar-refractivity contribution in [2.75, 3.05) is 18.9 Å². The molecule has 1 aliphatic rings. The van der Waals surface area contributed by atoms with Crippen LogP contribution in [0.15, 0.2) is 12.1 Å². The van der Waals surface area contributed by atoms with Crippen LogP contribution in [0.25, 0.3) is 0 Å². The SMILES string of the molecule is CCCNc1ccc(C(=O)N(C)C2CCC2)nn1. The summed E-state index contributed by atoms with van der Waals surface area (Å²) in [5.41, 5.74) is 0.423. The van der Waals surface area contributed by atoms with E-state index in [0.717, 1.165) is 31.6 Å². The van der Waals surface area contributed by atoms with Crippen LogP contribution < -0.4 is 5.32 Å². The molecule has 0 aliphatic heterocycles. The summed E-state index contributed by atoms with van der Waals surface area (Å²) >= 11 is 0. The van der Waals surface area contributed by atoms with Gasteiger partial charge in [0.05, 0.1) is 0 Å². The van der Waals surface area contributed by atoms with Gasteiger partial charge in [-0.15, -0.1) is 10.2 Å². The van der Waals surface area contributed by atoms with Gasteiger partial charge in [0.15, 0.2) is 5.69 Å². The van der Waals surface area contributed by atoms with Crippen LogP contribution in [0.1, 0.15) is 43.1 Å². The van der Waals surface area contributed by atoms with Gasteiger partial charge in [-0.25, -0.2) is 0 Å². The number of rotatable bonds is 5. The molecule has 1 aromatic rings. The number of hydrogen-bond donors (Lipinski definition) is 1. The van der Waals surface area contributed by atoms with E-state index in [2.05, 4.69) is 22.4 Å². The van der Waals surface area contributed by atoms with Crippen molar-refractivity contribution < 1.29 is 4.79 Å². The number of nitrogens with zero attached hydrogens (tertiary/aromatic N) is 3. The van der Waals surface area contributed by atoms with Crippen LogP contribution in [0.3, 0.4) is 0 Å². The summed E-state index contributed by atoms with van der Waals surface area (Å²) in [7, 11) is 1.84. The first-order valence-electron chi connectivity index (χ1n) is 6.57. The van der Waals surface area contributed by atoms with Crippen LogP contribution in [0.4, 0.5) is 5.82 Å². The van der Waals surface area contributed by atoms with Crippen LogP contribution in [0.2, 0.25) is 0 Å². The normalized spacial score (nSPS) is 15.0. The van der Waals surface area contributed by atoms with Crippen LogP contribution in [0, 0.1) is 0 Å². The lowest BCUT2D eigenvalue weighted by Crippen LogP contribution is -2.41. The molecule has 98 valence electrons. The Balaban J connectivity index is 1.97. The molecule has 18 heavy (non-hydrogen) atoms. The van der Waals surface area contributed by atoms with E-state index in [1.54, 1.807) is 11.0 Å². The second-order valence-corrected chi connectivity index (χ2v) is 4.73. The molecule has 1 saturated carbocycles. The van der Waals surface area contributed by atoms with Crippen molar-refractivity contribution in [2.45, 2.75) is 38.6 Å². The predicted octanol–water partition coefficient (Wildman–Crippen LogP) is 1.92. The Morgan fingerprint density at radius 3 is 2.72 bits per heavy atom. The number of amides is 1. The highest BCUT2D eigenvalue weighted by Gasteiger charge is 2.27. The standard InChI is InChI=1S/C13H20N4O/c1-3-9-14-12-8-7-11(15-16-12)13(18)17(2)10-5-4-6-10/h7-8,10H,3-6,9H2,1-2H3,(H,14,16). The van der Waals surface area contributed by atoms with Crippen LogP contribution in [0.5, 0.6) is 0 Å². The molecule has 2 rings (SSSR count). The van der Waals surface area contributed by atoms with Crippen molar-refractivity contribution in [3.63, 3.8) is 0 Å². The van der Waals surface area contributed by atoms with E-state index in [0.29, 0.717) is 11.7 Å². The Hall–Kier alpha value is -1.65. The lowest BCUT2D eigenvalue weighted by Gasteiger charge is -2.34. The highest BCUT2D eigenvalue weighted by atomic mass is 16.2. The van der Waals surface area contributed by atoms with E-state index < -0.39 is 0 Å². The Morgan fingerprint density at radius 2 is 2.22 bits per heavy atom. The maximum Gasteiger partial charge on any atom is 0.274 e. The molecule has 0 atom stereocenters. The topological polar surface area (TPSA) is 58.1 Å². The van der Waals surface area contributed by atoms with Gasteiger partial charge in [-0.1, -0.05) is 6.92 Å². The lowest BCUT2D eigenvalue weighted by molar-refractivity contribution is 0.0645. The van der Waals surface area contributed by atoms with E-state index in [-0.39, 0.29) is 5.91 Å². The zero-order valence-electron chi connectivity index (χ0n) is 11.0. The van der Waals surface area contributed by atoms with Crippen molar-refractivity contribution in [2.24, 2.45) is 0 Å². The maximum absolute atomic E-state index is 12.1. The molecule has 5 heteroatoms. The van der Waals surface area contributed by atoms with Gasteiger partial charge in [0.25, 0.3) is 5.91 Å². The fraction of sp³-hybridized carbons (Fsp3) is 0.615. The average Bonchev–Trinajstić information content (AvgIpc) is 2.34. The second-order valence-electron chi connectivity index (χ2n) is 4.73. The summed E-state index contributed by atoms with van der Waals surface area (Å²) in [6.45, 7) is 2.95. The van der Waals surface area contributed by atoms with Gasteiger partial charge in [-0.3, -0.25) is 4.79 Å². The minimum atomic E-state index is -0.0331. The number of nitrogens with one attached hydrogen (secondary N) is 1. The molecule has 0 saturated heterocycles. The van der Waals surface area contributed by atoms with Gasteiger partial charge in [0, 0.05) is 19.6 Å². The molecule has 5 nitrogen and oxygen atoms in total. The summed E-state index contributed by atoms with van der Waals surface area (Å²) in [5, 5.41) is 11.1. The smallest absolute Gasteiger partial charge is 0.274 e. The molecule has 1 amide bonds. The highest BCUT2D eigenvalue weighted by Crippen LogP contribution is 2.24. The zero-order chi connectivity index (χ0) is 13.0. The Morgan fingerprint density at radius 1 is 1.44 bits per heavy atom. The van der Waals surface area contributed by atoms with Crippen molar-refractivity contribution in [3.8, 4) is 0 Å². The van der Waals surface area contributed by atoms with E-state index in [1.807, 2.05) is 13.1 Å². The molecule has 0 spiro atoms. The van der Waals surface area contributed by atoms with E-state index in [4.69, 9.17) is 0 Å². The molecule has 0 aromatic carbocycles. The highest BCUT2D eigenvalue weighted by molar-refractivity contribution is 5.92. The largest absolute Gasteiger partial charge is 0.369 e. The fourth-order valence-electron chi connectivity index (χ4n) is 1.91. The fourth-order valence-corrected chi connectivity index (χ4v) is 1.91. The molecular weight excluding hydrogens is 228 g/mol. The Labute approximate surface area is 108 Å². The first-order chi connectivity index (χ1) is 8.72. The molecule has 0 radical (unpaired) electrons. The predicted molar refractivity (Wildman–Crippen MR) is 70.5 cm³/mol. The quantitative estimate of drug-likeness (QED) is 0.865. The van der Waals surface area contributed by atoms with E-state index >= 15 is 0 Å². The molecule has 1 aromatic heterocycles. The van der Waals surface area contributed by atoms with Crippen LogP contribution in [-0.2, 0) is 0 Å². The summed E-state index contributed by atoms with van der Waals surface area (Å²) < 4.78 is 0. The first kappa shape index (κ1) is 12.8. The average molecular weight is 248 g/mol. The van der Waals surface area contributed by atoms with Gasteiger partial charge < -0.3 is 10.2 Å². The van der Waals surface area contributed by atoms with Gasteiger partial charge >= 0.3 is 0 Å². The first-order valence-corrected chi connectivity index (χ1v) is 6.57. The molecule has 0 unspecified atom stereocenters. The lowest BCUT2D eigenvalue weighted by atomic mass is 9.92. The number of anilines is 1.